The lowest BCUT2D eigenvalue weighted by Gasteiger charge is -2.12. The SMILES string of the molecule is CP(C)(=O)Cc1ccc2c(c1)c1ccccc1n1c3ccccc3nc21. The zero-order chi connectivity index (χ0) is 17.9. The molecule has 0 aliphatic rings. The highest BCUT2D eigenvalue weighted by Crippen LogP contribution is 2.41. The average molecular weight is 358 g/mol. The minimum absolute atomic E-state index is 0.624. The number of hydrogen-bond acceptors (Lipinski definition) is 2. The smallest absolute Gasteiger partial charge is 0.146 e. The first-order valence-corrected chi connectivity index (χ1v) is 11.5. The number of benzene rings is 3. The van der Waals surface area contributed by atoms with Gasteiger partial charge in [-0.3, -0.25) is 4.40 Å². The van der Waals surface area contributed by atoms with Crippen LogP contribution in [0.3, 0.4) is 0 Å². The molecule has 3 nitrogen and oxygen atoms in total. The van der Waals surface area contributed by atoms with Gasteiger partial charge in [0.1, 0.15) is 5.65 Å². The first-order valence-electron chi connectivity index (χ1n) is 8.76. The largest absolute Gasteiger partial charge is 0.324 e. The molecule has 0 spiro atoms. The number of fused-ring (bicyclic) bond motifs is 8. The Balaban J connectivity index is 1.98. The summed E-state index contributed by atoms with van der Waals surface area (Å²) in [6, 6.07) is 23.1. The Bertz CT molecular complexity index is 1360. The molecule has 0 radical (unpaired) electrons. The molecular formula is C22H19N2OP. The Morgan fingerprint density at radius 1 is 0.846 bits per heavy atom. The summed E-state index contributed by atoms with van der Waals surface area (Å²) >= 11 is 0. The molecule has 0 amide bonds. The Hall–Kier alpha value is -2.64. The van der Waals surface area contributed by atoms with Crippen molar-refractivity contribution in [2.75, 3.05) is 13.3 Å². The van der Waals surface area contributed by atoms with E-state index in [1.165, 1.54) is 10.8 Å². The van der Waals surface area contributed by atoms with Gasteiger partial charge in [-0.05, 0) is 48.5 Å². The average Bonchev–Trinajstić information content (AvgIpc) is 3.00. The fraction of sp³-hybridized carbons (Fsp3) is 0.136. The first kappa shape index (κ1) is 15.6. The number of rotatable bonds is 2. The molecule has 5 rings (SSSR count). The Morgan fingerprint density at radius 3 is 2.38 bits per heavy atom. The maximum atomic E-state index is 12.3. The van der Waals surface area contributed by atoms with Gasteiger partial charge >= 0.3 is 0 Å². The fourth-order valence-corrected chi connectivity index (χ4v) is 4.97. The van der Waals surface area contributed by atoms with Crippen molar-refractivity contribution in [3.8, 4) is 0 Å². The molecule has 0 N–H and O–H groups in total. The molecule has 0 aliphatic carbocycles. The lowest BCUT2D eigenvalue weighted by Crippen LogP contribution is -1.93. The molecule has 128 valence electrons. The van der Waals surface area contributed by atoms with Gasteiger partial charge in [0.15, 0.2) is 0 Å². The molecule has 0 fully saturated rings. The van der Waals surface area contributed by atoms with Gasteiger partial charge in [0, 0.05) is 16.9 Å². The third kappa shape index (κ3) is 2.35. The topological polar surface area (TPSA) is 34.4 Å². The van der Waals surface area contributed by atoms with E-state index in [1.807, 2.05) is 19.4 Å². The predicted molar refractivity (Wildman–Crippen MR) is 111 cm³/mol. The van der Waals surface area contributed by atoms with Crippen LogP contribution in [0, 0.1) is 0 Å². The summed E-state index contributed by atoms with van der Waals surface area (Å²) in [5.41, 5.74) is 5.37. The summed E-state index contributed by atoms with van der Waals surface area (Å²) < 4.78 is 14.5. The van der Waals surface area contributed by atoms with E-state index in [0.29, 0.717) is 6.16 Å². The number of aromatic nitrogens is 2. The minimum atomic E-state index is -2.12. The van der Waals surface area contributed by atoms with Gasteiger partial charge in [-0.15, -0.1) is 0 Å². The van der Waals surface area contributed by atoms with Crippen molar-refractivity contribution in [2.45, 2.75) is 6.16 Å². The quantitative estimate of drug-likeness (QED) is 0.290. The maximum absolute atomic E-state index is 12.3. The van der Waals surface area contributed by atoms with Crippen LogP contribution in [0.15, 0.2) is 66.7 Å². The van der Waals surface area contributed by atoms with Gasteiger partial charge in [0.05, 0.1) is 23.7 Å². The predicted octanol–water partition coefficient (Wildman–Crippen LogP) is 5.92. The lowest BCUT2D eigenvalue weighted by atomic mass is 10.0. The number of imidazole rings is 1. The molecule has 0 atom stereocenters. The molecule has 0 aliphatic heterocycles. The number of hydrogen-bond donors (Lipinski definition) is 0. The van der Waals surface area contributed by atoms with Gasteiger partial charge in [-0.2, -0.15) is 0 Å². The van der Waals surface area contributed by atoms with Crippen LogP contribution in [0.2, 0.25) is 0 Å². The van der Waals surface area contributed by atoms with Gasteiger partial charge in [-0.25, -0.2) is 4.98 Å². The van der Waals surface area contributed by atoms with Gasteiger partial charge < -0.3 is 4.57 Å². The van der Waals surface area contributed by atoms with E-state index < -0.39 is 7.14 Å². The summed E-state index contributed by atoms with van der Waals surface area (Å²) in [5, 5.41) is 3.50. The zero-order valence-electron chi connectivity index (χ0n) is 14.8. The second-order valence-electron chi connectivity index (χ2n) is 7.39. The van der Waals surface area contributed by atoms with Crippen molar-refractivity contribution in [3.63, 3.8) is 0 Å². The monoisotopic (exact) mass is 358 g/mol. The molecule has 0 bridgehead atoms. The number of pyridine rings is 1. The summed E-state index contributed by atoms with van der Waals surface area (Å²) in [6.07, 6.45) is 0.624. The van der Waals surface area contributed by atoms with Crippen molar-refractivity contribution in [1.29, 1.82) is 0 Å². The number of nitrogens with zero attached hydrogens (tertiary/aromatic N) is 2. The molecular weight excluding hydrogens is 339 g/mol. The molecule has 0 saturated carbocycles. The summed E-state index contributed by atoms with van der Waals surface area (Å²) in [5.74, 6) is 0. The first-order chi connectivity index (χ1) is 12.5. The highest BCUT2D eigenvalue weighted by atomic mass is 31.2. The van der Waals surface area contributed by atoms with E-state index in [-0.39, 0.29) is 0 Å². The molecule has 2 heterocycles. The van der Waals surface area contributed by atoms with Crippen molar-refractivity contribution in [3.05, 3.63) is 72.3 Å². The summed E-state index contributed by atoms with van der Waals surface area (Å²) in [6.45, 7) is 3.69. The molecule has 2 aromatic heterocycles. The van der Waals surface area contributed by atoms with Crippen molar-refractivity contribution < 1.29 is 4.57 Å². The summed E-state index contributed by atoms with van der Waals surface area (Å²) in [7, 11) is -2.12. The highest BCUT2D eigenvalue weighted by Gasteiger charge is 2.15. The van der Waals surface area contributed by atoms with E-state index in [1.54, 1.807) is 0 Å². The summed E-state index contributed by atoms with van der Waals surface area (Å²) in [4.78, 5) is 4.91. The van der Waals surface area contributed by atoms with E-state index in [2.05, 4.69) is 65.1 Å². The second kappa shape index (κ2) is 5.43. The van der Waals surface area contributed by atoms with Crippen LogP contribution in [0.5, 0.6) is 0 Å². The molecule has 3 aromatic carbocycles. The number of para-hydroxylation sites is 3. The van der Waals surface area contributed by atoms with E-state index in [4.69, 9.17) is 4.98 Å². The zero-order valence-corrected chi connectivity index (χ0v) is 15.7. The lowest BCUT2D eigenvalue weighted by molar-refractivity contribution is 0.582. The fourth-order valence-electron chi connectivity index (χ4n) is 3.89. The highest BCUT2D eigenvalue weighted by molar-refractivity contribution is 7.61. The van der Waals surface area contributed by atoms with Gasteiger partial charge in [-0.1, -0.05) is 42.5 Å². The van der Waals surface area contributed by atoms with E-state index in [0.717, 1.165) is 33.1 Å². The van der Waals surface area contributed by atoms with Crippen molar-refractivity contribution in [1.82, 2.24) is 9.38 Å². The van der Waals surface area contributed by atoms with Gasteiger partial charge in [0.25, 0.3) is 0 Å². The Labute approximate surface area is 151 Å². The van der Waals surface area contributed by atoms with Crippen molar-refractivity contribution in [2.24, 2.45) is 0 Å². The van der Waals surface area contributed by atoms with Gasteiger partial charge in [0.2, 0.25) is 0 Å². The van der Waals surface area contributed by atoms with E-state index in [9.17, 15) is 4.57 Å². The third-order valence-corrected chi connectivity index (χ3v) is 6.01. The van der Waals surface area contributed by atoms with Crippen molar-refractivity contribution >= 4 is 45.5 Å². The Morgan fingerprint density at radius 2 is 1.58 bits per heavy atom. The van der Waals surface area contributed by atoms with Crippen LogP contribution < -0.4 is 0 Å². The van der Waals surface area contributed by atoms with Crippen LogP contribution in [-0.4, -0.2) is 22.7 Å². The van der Waals surface area contributed by atoms with Crippen LogP contribution in [0.4, 0.5) is 0 Å². The molecule has 26 heavy (non-hydrogen) atoms. The van der Waals surface area contributed by atoms with Crippen LogP contribution in [0.25, 0.3) is 38.4 Å². The minimum Gasteiger partial charge on any atom is -0.324 e. The standard InChI is InChI=1S/C22H19N2OP/c1-26(2,25)14-15-11-12-17-18(13-15)16-7-3-5-9-20(16)24-21-10-6-4-8-19(21)23-22(17)24/h3-13H,14H2,1-2H3. The maximum Gasteiger partial charge on any atom is 0.146 e. The van der Waals surface area contributed by atoms with Crippen LogP contribution in [-0.2, 0) is 10.7 Å². The molecule has 0 saturated heterocycles. The second-order valence-corrected chi connectivity index (χ2v) is 10.9. The Kier molecular flexibility index (Phi) is 3.26. The molecule has 0 unspecified atom stereocenters. The van der Waals surface area contributed by atoms with Crippen LogP contribution in [0.1, 0.15) is 5.56 Å². The molecule has 4 heteroatoms. The van der Waals surface area contributed by atoms with Crippen LogP contribution >= 0.6 is 7.14 Å². The molecule has 5 aromatic rings. The third-order valence-electron chi connectivity index (χ3n) is 4.88. The normalized spacial score (nSPS) is 12.5. The van der Waals surface area contributed by atoms with E-state index >= 15 is 0 Å².